The molecular formula is C15H16N4O2S2. The van der Waals surface area contributed by atoms with E-state index in [9.17, 15) is 4.79 Å². The third-order valence-corrected chi connectivity index (χ3v) is 5.17. The lowest BCUT2D eigenvalue weighted by Crippen LogP contribution is -2.31. The van der Waals surface area contributed by atoms with E-state index in [0.717, 1.165) is 17.1 Å². The minimum absolute atomic E-state index is 0.114. The molecule has 3 heterocycles. The predicted octanol–water partition coefficient (Wildman–Crippen LogP) is 2.85. The minimum atomic E-state index is -0.143. The first kappa shape index (κ1) is 15.8. The fraction of sp³-hybridized carbons (Fsp3) is 0.333. The SMILES string of the molecule is Cc1csc([C@@H](Cc2ccsc2)NC(=O)Cc2nonc2C)n1. The van der Waals surface area contributed by atoms with Gasteiger partial charge in [-0.15, -0.1) is 11.3 Å². The van der Waals surface area contributed by atoms with Crippen LogP contribution in [0.4, 0.5) is 0 Å². The zero-order chi connectivity index (χ0) is 16.2. The lowest BCUT2D eigenvalue weighted by atomic mass is 10.1. The fourth-order valence-corrected chi connectivity index (χ4v) is 3.71. The number of aromatic nitrogens is 3. The molecule has 120 valence electrons. The highest BCUT2D eigenvalue weighted by atomic mass is 32.1. The Labute approximate surface area is 141 Å². The van der Waals surface area contributed by atoms with Crippen LogP contribution in [0.5, 0.6) is 0 Å². The molecule has 3 aromatic heterocycles. The molecule has 1 atom stereocenters. The van der Waals surface area contributed by atoms with Crippen LogP contribution in [0.1, 0.15) is 33.7 Å². The first-order chi connectivity index (χ1) is 11.1. The van der Waals surface area contributed by atoms with Crippen molar-refractivity contribution in [2.75, 3.05) is 0 Å². The van der Waals surface area contributed by atoms with Crippen molar-refractivity contribution in [1.29, 1.82) is 0 Å². The highest BCUT2D eigenvalue weighted by molar-refractivity contribution is 7.09. The number of thiophene rings is 1. The molecule has 0 spiro atoms. The van der Waals surface area contributed by atoms with Gasteiger partial charge in [0.1, 0.15) is 16.4 Å². The molecule has 0 fully saturated rings. The Kier molecular flexibility index (Phi) is 4.82. The van der Waals surface area contributed by atoms with Crippen molar-refractivity contribution in [3.8, 4) is 0 Å². The Morgan fingerprint density at radius 2 is 2.22 bits per heavy atom. The van der Waals surface area contributed by atoms with Crippen molar-refractivity contribution in [3.63, 3.8) is 0 Å². The zero-order valence-corrected chi connectivity index (χ0v) is 14.4. The Balaban J connectivity index is 1.72. The quantitative estimate of drug-likeness (QED) is 0.741. The first-order valence-electron chi connectivity index (χ1n) is 7.12. The van der Waals surface area contributed by atoms with Gasteiger partial charge in [-0.05, 0) is 36.2 Å². The van der Waals surface area contributed by atoms with Gasteiger partial charge in [-0.3, -0.25) is 4.79 Å². The van der Waals surface area contributed by atoms with Gasteiger partial charge in [0.2, 0.25) is 5.91 Å². The molecule has 8 heteroatoms. The lowest BCUT2D eigenvalue weighted by molar-refractivity contribution is -0.121. The second-order valence-corrected chi connectivity index (χ2v) is 6.93. The molecule has 1 N–H and O–H groups in total. The number of rotatable bonds is 6. The van der Waals surface area contributed by atoms with Crippen molar-refractivity contribution < 1.29 is 9.42 Å². The van der Waals surface area contributed by atoms with Crippen LogP contribution in [-0.4, -0.2) is 21.2 Å². The summed E-state index contributed by atoms with van der Waals surface area (Å²) in [5, 5.41) is 17.5. The minimum Gasteiger partial charge on any atom is -0.346 e. The molecule has 3 aromatic rings. The normalized spacial score (nSPS) is 12.3. The van der Waals surface area contributed by atoms with Gasteiger partial charge in [0.15, 0.2) is 0 Å². The molecular weight excluding hydrogens is 332 g/mol. The highest BCUT2D eigenvalue weighted by Crippen LogP contribution is 2.23. The van der Waals surface area contributed by atoms with Crippen LogP contribution in [0.3, 0.4) is 0 Å². The summed E-state index contributed by atoms with van der Waals surface area (Å²) in [6.07, 6.45) is 0.873. The molecule has 0 aromatic carbocycles. The van der Waals surface area contributed by atoms with Crippen LogP contribution in [0.2, 0.25) is 0 Å². The molecule has 0 radical (unpaired) electrons. The molecule has 0 aliphatic carbocycles. The topological polar surface area (TPSA) is 80.9 Å². The van der Waals surface area contributed by atoms with Crippen LogP contribution < -0.4 is 5.32 Å². The number of carbonyl (C=O) groups excluding carboxylic acids is 1. The Hall–Kier alpha value is -2.06. The number of thiazole rings is 1. The summed E-state index contributed by atoms with van der Waals surface area (Å²) < 4.78 is 4.64. The van der Waals surface area contributed by atoms with Crippen molar-refractivity contribution >= 4 is 28.6 Å². The number of hydrogen-bond donors (Lipinski definition) is 1. The maximum Gasteiger partial charge on any atom is 0.226 e. The third kappa shape index (κ3) is 4.02. The van der Waals surface area contributed by atoms with E-state index < -0.39 is 0 Å². The average molecular weight is 348 g/mol. The number of nitrogens with zero attached hydrogens (tertiary/aromatic N) is 3. The summed E-state index contributed by atoms with van der Waals surface area (Å²) in [7, 11) is 0. The fourth-order valence-electron chi connectivity index (χ4n) is 2.18. The molecule has 6 nitrogen and oxygen atoms in total. The number of nitrogens with one attached hydrogen (secondary N) is 1. The van der Waals surface area contributed by atoms with Gasteiger partial charge in [0, 0.05) is 17.5 Å². The molecule has 1 amide bonds. The van der Waals surface area contributed by atoms with E-state index in [1.54, 1.807) is 29.6 Å². The van der Waals surface area contributed by atoms with E-state index in [4.69, 9.17) is 0 Å². The summed E-state index contributed by atoms with van der Waals surface area (Å²) in [6, 6.07) is 1.92. The molecule has 3 rings (SSSR count). The molecule has 0 unspecified atom stereocenters. The Bertz CT molecular complexity index is 779. The van der Waals surface area contributed by atoms with E-state index >= 15 is 0 Å². The van der Waals surface area contributed by atoms with Gasteiger partial charge < -0.3 is 5.32 Å². The third-order valence-electron chi connectivity index (χ3n) is 3.36. The monoisotopic (exact) mass is 348 g/mol. The van der Waals surface area contributed by atoms with E-state index in [-0.39, 0.29) is 18.4 Å². The van der Waals surface area contributed by atoms with Gasteiger partial charge in [0.05, 0.1) is 12.5 Å². The number of carbonyl (C=O) groups is 1. The Morgan fingerprint density at radius 1 is 1.35 bits per heavy atom. The highest BCUT2D eigenvalue weighted by Gasteiger charge is 2.20. The number of hydrogen-bond acceptors (Lipinski definition) is 7. The molecule has 0 bridgehead atoms. The second kappa shape index (κ2) is 7.01. The van der Waals surface area contributed by atoms with Crippen molar-refractivity contribution in [1.82, 2.24) is 20.6 Å². The largest absolute Gasteiger partial charge is 0.346 e. The maximum absolute atomic E-state index is 12.3. The molecule has 0 saturated carbocycles. The summed E-state index contributed by atoms with van der Waals surface area (Å²) in [5.74, 6) is -0.114. The van der Waals surface area contributed by atoms with Crippen LogP contribution in [0.25, 0.3) is 0 Å². The zero-order valence-electron chi connectivity index (χ0n) is 12.8. The smallest absolute Gasteiger partial charge is 0.226 e. The van der Waals surface area contributed by atoms with Crippen molar-refractivity contribution in [3.05, 3.63) is 49.9 Å². The average Bonchev–Trinajstić information content (AvgIpc) is 3.23. The molecule has 0 aliphatic rings. The second-order valence-electron chi connectivity index (χ2n) is 5.26. The van der Waals surface area contributed by atoms with Gasteiger partial charge >= 0.3 is 0 Å². The lowest BCUT2D eigenvalue weighted by Gasteiger charge is -2.15. The summed E-state index contributed by atoms with van der Waals surface area (Å²) in [5.41, 5.74) is 3.35. The number of amides is 1. The van der Waals surface area contributed by atoms with Crippen molar-refractivity contribution in [2.45, 2.75) is 32.7 Å². The van der Waals surface area contributed by atoms with E-state index in [2.05, 4.69) is 36.7 Å². The maximum atomic E-state index is 12.3. The van der Waals surface area contributed by atoms with Crippen LogP contribution in [0.15, 0.2) is 26.8 Å². The molecule has 0 saturated heterocycles. The van der Waals surface area contributed by atoms with E-state index in [0.29, 0.717) is 11.4 Å². The van der Waals surface area contributed by atoms with Gasteiger partial charge in [-0.25, -0.2) is 9.61 Å². The van der Waals surface area contributed by atoms with Gasteiger partial charge in [0.25, 0.3) is 0 Å². The van der Waals surface area contributed by atoms with Crippen molar-refractivity contribution in [2.24, 2.45) is 0 Å². The summed E-state index contributed by atoms with van der Waals surface area (Å²) in [6.45, 7) is 3.72. The number of aryl methyl sites for hydroxylation is 2. The Morgan fingerprint density at radius 3 is 2.83 bits per heavy atom. The molecule has 23 heavy (non-hydrogen) atoms. The van der Waals surface area contributed by atoms with Crippen LogP contribution in [0, 0.1) is 13.8 Å². The standard InChI is InChI=1S/C15H16N4O2S2/c1-9-7-23-15(16-9)13(5-11-3-4-22-8-11)17-14(20)6-12-10(2)18-21-19-12/h3-4,7-8,13H,5-6H2,1-2H3,(H,17,20)/t13-/m1/s1. The summed E-state index contributed by atoms with van der Waals surface area (Å²) in [4.78, 5) is 16.9. The van der Waals surface area contributed by atoms with E-state index in [1.807, 2.05) is 17.7 Å². The van der Waals surface area contributed by atoms with Crippen LogP contribution >= 0.6 is 22.7 Å². The predicted molar refractivity (Wildman–Crippen MR) is 88.5 cm³/mol. The van der Waals surface area contributed by atoms with Crippen LogP contribution in [-0.2, 0) is 17.6 Å². The first-order valence-corrected chi connectivity index (χ1v) is 8.94. The van der Waals surface area contributed by atoms with E-state index in [1.165, 1.54) is 5.56 Å². The van der Waals surface area contributed by atoms with Gasteiger partial charge in [-0.1, -0.05) is 10.3 Å². The van der Waals surface area contributed by atoms with Gasteiger partial charge in [-0.2, -0.15) is 11.3 Å². The summed E-state index contributed by atoms with van der Waals surface area (Å²) >= 11 is 3.21. The molecule has 0 aliphatic heterocycles.